The van der Waals surface area contributed by atoms with Gasteiger partial charge in [-0.05, 0) is 87.9 Å². The van der Waals surface area contributed by atoms with Gasteiger partial charge in [0.1, 0.15) is 23.7 Å². The zero-order chi connectivity index (χ0) is 47.0. The monoisotopic (exact) mass is 919 g/mol. The molecule has 4 amide bonds. The first-order valence-electron chi connectivity index (χ1n) is 24.1. The minimum absolute atomic E-state index is 0.0649. The molecule has 17 nitrogen and oxygen atoms in total. The molecule has 4 N–H and O–H groups in total. The Morgan fingerprint density at radius 2 is 1.85 bits per heavy atom. The predicted octanol–water partition coefficient (Wildman–Crippen LogP) is 4.26. The highest BCUT2D eigenvalue weighted by atomic mass is 16.5. The fourth-order valence-electron chi connectivity index (χ4n) is 10.2. The molecule has 2 unspecified atom stereocenters. The predicted molar refractivity (Wildman–Crippen MR) is 255 cm³/mol. The zero-order valence-electron chi connectivity index (χ0n) is 39.4. The molecule has 3 fully saturated rings. The summed E-state index contributed by atoms with van der Waals surface area (Å²) in [4.78, 5) is 70.7. The zero-order valence-corrected chi connectivity index (χ0v) is 39.4. The smallest absolute Gasteiger partial charge is 0.255 e. The number of fused-ring (bicyclic) bond motifs is 2. The van der Waals surface area contributed by atoms with E-state index in [1.807, 2.05) is 30.1 Å². The number of piperidine rings is 2. The van der Waals surface area contributed by atoms with Crippen LogP contribution in [0, 0.1) is 11.8 Å². The number of carbonyl (C=O) groups is 4. The van der Waals surface area contributed by atoms with Gasteiger partial charge in [0.2, 0.25) is 17.8 Å². The van der Waals surface area contributed by atoms with Gasteiger partial charge in [-0.15, -0.1) is 0 Å². The first-order valence-corrected chi connectivity index (χ1v) is 24.1. The molecule has 67 heavy (non-hydrogen) atoms. The van der Waals surface area contributed by atoms with Crippen molar-refractivity contribution in [2.24, 2.45) is 0 Å². The molecule has 0 bridgehead atoms. The van der Waals surface area contributed by atoms with Crippen molar-refractivity contribution in [3.8, 4) is 17.6 Å². The number of methoxy groups -OCH3 is 1. The van der Waals surface area contributed by atoms with Crippen molar-refractivity contribution < 1.29 is 33.8 Å². The summed E-state index contributed by atoms with van der Waals surface area (Å²) >= 11 is 0. The summed E-state index contributed by atoms with van der Waals surface area (Å²) < 4.78 is 11.6. The lowest BCUT2D eigenvalue weighted by atomic mass is 10.0. The maximum absolute atomic E-state index is 13.5. The fraction of sp³-hybridized carbons (Fsp3) is 0.560. The molecule has 5 heterocycles. The van der Waals surface area contributed by atoms with E-state index in [9.17, 15) is 24.3 Å². The third-order valence-electron chi connectivity index (χ3n) is 14.0. The number of rotatable bonds is 17. The van der Waals surface area contributed by atoms with Crippen LogP contribution in [0.4, 0.5) is 23.1 Å². The van der Waals surface area contributed by atoms with Crippen molar-refractivity contribution >= 4 is 46.8 Å². The number of hydrogen-bond donors (Lipinski definition) is 4. The van der Waals surface area contributed by atoms with E-state index in [2.05, 4.69) is 61.4 Å². The van der Waals surface area contributed by atoms with Gasteiger partial charge in [-0.25, -0.2) is 4.98 Å². The first-order chi connectivity index (χ1) is 32.5. The van der Waals surface area contributed by atoms with Gasteiger partial charge < -0.3 is 49.7 Å². The van der Waals surface area contributed by atoms with Crippen molar-refractivity contribution in [2.75, 3.05) is 82.3 Å². The van der Waals surface area contributed by atoms with Crippen LogP contribution in [0.3, 0.4) is 0 Å². The Morgan fingerprint density at radius 3 is 2.61 bits per heavy atom. The lowest BCUT2D eigenvalue weighted by Crippen LogP contribution is -2.58. The lowest BCUT2D eigenvalue weighted by molar-refractivity contribution is -0.136. The summed E-state index contributed by atoms with van der Waals surface area (Å²) in [5, 5.41) is 20.1. The molecular formula is C50H66N10O7. The van der Waals surface area contributed by atoms with Gasteiger partial charge in [0.05, 0.1) is 31.6 Å². The van der Waals surface area contributed by atoms with E-state index in [0.717, 1.165) is 93.9 Å². The van der Waals surface area contributed by atoms with Crippen LogP contribution in [-0.4, -0.2) is 151 Å². The lowest BCUT2D eigenvalue weighted by Gasteiger charge is -2.48. The van der Waals surface area contributed by atoms with E-state index < -0.39 is 18.2 Å². The van der Waals surface area contributed by atoms with Gasteiger partial charge in [0, 0.05) is 94.5 Å². The number of aliphatic hydroxyl groups is 1. The number of likely N-dealkylation sites (N-methyl/N-ethyl adjacent to an activating group) is 2. The van der Waals surface area contributed by atoms with Gasteiger partial charge in [-0.2, -0.15) is 4.98 Å². The highest BCUT2D eigenvalue weighted by Gasteiger charge is 2.42. The molecule has 2 saturated heterocycles. The standard InChI is InChI=1S/C50H66N10O7/c1-5-40-49(65)57(3)42-31-51-50(55-45(42)60(40)36-14-6-7-15-36)53-39-18-17-34(30-43(39)66-4)46(62)52-35-21-24-58(25-22-35)27-26-56(2)23-11-29-67-28-9-8-12-33-13-10-16-37-38(33)32-59(48(37)64)41-19-20-44(61)54-47(41)63/h10,13,16-18,30-31,35-36,40-41,49,65H,5-7,9,11,14-15,19-29,32H2,1-4H3,(H,52,62)(H,51,53,55)(H,54,61,63)/t40-,41?,49?/m1/s1. The third-order valence-corrected chi connectivity index (χ3v) is 14.0. The van der Waals surface area contributed by atoms with Crippen LogP contribution in [0.1, 0.15) is 109 Å². The third kappa shape index (κ3) is 11.0. The van der Waals surface area contributed by atoms with E-state index in [0.29, 0.717) is 67.2 Å². The van der Waals surface area contributed by atoms with Crippen molar-refractivity contribution in [3.63, 3.8) is 0 Å². The largest absolute Gasteiger partial charge is 0.495 e. The molecule has 5 aliphatic rings. The maximum atomic E-state index is 13.5. The molecule has 0 radical (unpaired) electrons. The average Bonchev–Trinajstić information content (AvgIpc) is 3.99. The summed E-state index contributed by atoms with van der Waals surface area (Å²) in [5.41, 5.74) is 4.15. The van der Waals surface area contributed by atoms with Crippen LogP contribution < -0.4 is 30.5 Å². The van der Waals surface area contributed by atoms with Gasteiger partial charge >= 0.3 is 0 Å². The minimum Gasteiger partial charge on any atom is -0.495 e. The molecule has 3 atom stereocenters. The van der Waals surface area contributed by atoms with Crippen LogP contribution in [0.2, 0.25) is 0 Å². The highest BCUT2D eigenvalue weighted by molar-refractivity contribution is 6.05. The SMILES string of the molecule is CC[C@@H]1C(O)N(C)c2cnc(Nc3ccc(C(=O)NC4CCN(CCN(C)CCCOCCC#Cc5cccc6c5CN(C5CCC(=O)NC5=O)C6=O)CC4)cc3OC)nc2N1C1CCCC1. The number of nitrogens with zero attached hydrogens (tertiary/aromatic N) is 7. The quantitative estimate of drug-likeness (QED) is 0.0856. The first kappa shape index (κ1) is 47.7. The number of amides is 4. The number of imide groups is 1. The van der Waals surface area contributed by atoms with Crippen LogP contribution in [0.15, 0.2) is 42.6 Å². The highest BCUT2D eigenvalue weighted by Crippen LogP contribution is 2.42. The van der Waals surface area contributed by atoms with E-state index in [-0.39, 0.29) is 36.2 Å². The molecule has 1 aliphatic carbocycles. The van der Waals surface area contributed by atoms with E-state index >= 15 is 0 Å². The van der Waals surface area contributed by atoms with Gasteiger partial charge in [-0.3, -0.25) is 24.5 Å². The Morgan fingerprint density at radius 1 is 1.04 bits per heavy atom. The summed E-state index contributed by atoms with van der Waals surface area (Å²) in [7, 11) is 5.61. The number of nitrogens with one attached hydrogen (secondary N) is 3. The Hall–Kier alpha value is -5.80. The van der Waals surface area contributed by atoms with E-state index in [4.69, 9.17) is 14.5 Å². The number of ether oxygens (including phenoxy) is 2. The summed E-state index contributed by atoms with van der Waals surface area (Å²) in [5.74, 6) is 7.10. The normalized spacial score (nSPS) is 21.3. The van der Waals surface area contributed by atoms with Crippen molar-refractivity contribution in [3.05, 3.63) is 64.8 Å². The van der Waals surface area contributed by atoms with Crippen molar-refractivity contribution in [2.45, 2.75) is 114 Å². The number of hydrogen-bond acceptors (Lipinski definition) is 14. The van der Waals surface area contributed by atoms with Crippen molar-refractivity contribution in [1.82, 2.24) is 35.3 Å². The second kappa shape index (κ2) is 21.9. The van der Waals surface area contributed by atoms with Crippen LogP contribution in [-0.2, 0) is 20.9 Å². The van der Waals surface area contributed by atoms with E-state index in [1.54, 1.807) is 36.4 Å². The second-order valence-electron chi connectivity index (χ2n) is 18.4. The molecule has 0 spiro atoms. The number of aromatic nitrogens is 2. The van der Waals surface area contributed by atoms with E-state index in [1.165, 1.54) is 12.8 Å². The van der Waals surface area contributed by atoms with Gasteiger partial charge in [0.15, 0.2) is 5.82 Å². The molecule has 17 heteroatoms. The Labute approximate surface area is 393 Å². The summed E-state index contributed by atoms with van der Waals surface area (Å²) in [6, 6.07) is 10.6. The van der Waals surface area contributed by atoms with Crippen LogP contribution in [0.25, 0.3) is 0 Å². The Kier molecular flexibility index (Phi) is 15.6. The topological polar surface area (TPSA) is 185 Å². The number of carbonyl (C=O) groups excluding carboxylic acids is 4. The molecular weight excluding hydrogens is 853 g/mol. The number of aliphatic hydroxyl groups excluding tert-OH is 1. The number of benzene rings is 2. The number of likely N-dealkylation sites (tertiary alicyclic amines) is 1. The molecule has 358 valence electrons. The maximum Gasteiger partial charge on any atom is 0.255 e. The molecule has 3 aromatic rings. The molecule has 2 aromatic carbocycles. The fourth-order valence-corrected chi connectivity index (χ4v) is 10.2. The van der Waals surface area contributed by atoms with Gasteiger partial charge in [-0.1, -0.05) is 37.7 Å². The molecule has 1 aromatic heterocycles. The van der Waals surface area contributed by atoms with Gasteiger partial charge in [0.25, 0.3) is 11.8 Å². The minimum atomic E-state index is -0.648. The average molecular weight is 919 g/mol. The summed E-state index contributed by atoms with van der Waals surface area (Å²) in [6.07, 6.45) is 10.2. The van der Waals surface area contributed by atoms with Crippen LogP contribution >= 0.6 is 0 Å². The Bertz CT molecular complexity index is 2340. The molecule has 1 saturated carbocycles. The molecule has 8 rings (SSSR count). The second-order valence-corrected chi connectivity index (χ2v) is 18.4. The molecule has 4 aliphatic heterocycles. The van der Waals surface area contributed by atoms with Crippen molar-refractivity contribution in [1.29, 1.82) is 0 Å². The number of anilines is 4. The Balaban J connectivity index is 0.723. The summed E-state index contributed by atoms with van der Waals surface area (Å²) in [6.45, 7) is 8.24. The van der Waals surface area contributed by atoms with Crippen LogP contribution in [0.5, 0.6) is 5.75 Å².